The minimum atomic E-state index is -0.0769. The quantitative estimate of drug-likeness (QED) is 0.727. The fraction of sp³-hybridized carbons (Fsp3) is 0.636. The van der Waals surface area contributed by atoms with Gasteiger partial charge in [0.1, 0.15) is 0 Å². The molecule has 1 amide bonds. The van der Waals surface area contributed by atoms with Gasteiger partial charge in [0, 0.05) is 18.4 Å². The number of aromatic nitrogens is 2. The van der Waals surface area contributed by atoms with E-state index in [-0.39, 0.29) is 5.91 Å². The summed E-state index contributed by atoms with van der Waals surface area (Å²) in [4.78, 5) is 18.4. The Morgan fingerprint density at radius 1 is 1.33 bits per heavy atom. The molecule has 2 N–H and O–H groups in total. The Kier molecular flexibility index (Phi) is 3.37. The van der Waals surface area contributed by atoms with E-state index in [4.69, 9.17) is 0 Å². The SMILES string of the molecule is O=C(NC1CCCCCC1)c1ncc[nH]1. The molecular weight excluding hydrogens is 190 g/mol. The molecule has 1 fully saturated rings. The van der Waals surface area contributed by atoms with Crippen molar-refractivity contribution in [1.82, 2.24) is 15.3 Å². The first-order valence-corrected chi connectivity index (χ1v) is 5.66. The lowest BCUT2D eigenvalue weighted by molar-refractivity contribution is 0.0924. The van der Waals surface area contributed by atoms with Crippen molar-refractivity contribution in [2.75, 3.05) is 0 Å². The minimum Gasteiger partial charge on any atom is -0.347 e. The fourth-order valence-electron chi connectivity index (χ4n) is 2.07. The third-order valence-electron chi connectivity index (χ3n) is 2.90. The standard InChI is InChI=1S/C11H17N3O/c15-11(10-12-7-8-13-10)14-9-5-3-1-2-4-6-9/h7-9H,1-6H2,(H,12,13)(H,14,15). The number of carbonyl (C=O) groups excluding carboxylic acids is 1. The maximum absolute atomic E-state index is 11.7. The number of H-pyrrole nitrogens is 1. The molecule has 4 heteroatoms. The highest BCUT2D eigenvalue weighted by atomic mass is 16.2. The van der Waals surface area contributed by atoms with E-state index in [0.717, 1.165) is 12.8 Å². The number of hydrogen-bond acceptors (Lipinski definition) is 2. The van der Waals surface area contributed by atoms with E-state index in [9.17, 15) is 4.79 Å². The lowest BCUT2D eigenvalue weighted by Crippen LogP contribution is -2.34. The van der Waals surface area contributed by atoms with Crippen molar-refractivity contribution in [3.63, 3.8) is 0 Å². The van der Waals surface area contributed by atoms with Crippen molar-refractivity contribution in [2.45, 2.75) is 44.6 Å². The Morgan fingerprint density at radius 2 is 2.07 bits per heavy atom. The van der Waals surface area contributed by atoms with Crippen molar-refractivity contribution in [3.8, 4) is 0 Å². The van der Waals surface area contributed by atoms with Crippen LogP contribution in [0.4, 0.5) is 0 Å². The molecule has 1 saturated carbocycles. The van der Waals surface area contributed by atoms with E-state index in [2.05, 4.69) is 15.3 Å². The smallest absolute Gasteiger partial charge is 0.287 e. The molecule has 0 saturated heterocycles. The molecule has 0 aliphatic heterocycles. The maximum atomic E-state index is 11.7. The topological polar surface area (TPSA) is 57.8 Å². The van der Waals surface area contributed by atoms with E-state index in [0.29, 0.717) is 11.9 Å². The number of nitrogens with one attached hydrogen (secondary N) is 2. The van der Waals surface area contributed by atoms with Gasteiger partial charge in [-0.3, -0.25) is 4.79 Å². The second-order valence-electron chi connectivity index (χ2n) is 4.10. The highest BCUT2D eigenvalue weighted by Gasteiger charge is 2.16. The second-order valence-corrected chi connectivity index (χ2v) is 4.10. The predicted molar refractivity (Wildman–Crippen MR) is 57.5 cm³/mol. The summed E-state index contributed by atoms with van der Waals surface area (Å²) in [6, 6.07) is 0.338. The van der Waals surface area contributed by atoms with Gasteiger partial charge in [-0.05, 0) is 12.8 Å². The Labute approximate surface area is 89.5 Å². The third-order valence-corrected chi connectivity index (χ3v) is 2.90. The van der Waals surface area contributed by atoms with Gasteiger partial charge in [-0.25, -0.2) is 4.98 Å². The van der Waals surface area contributed by atoms with Crippen LogP contribution in [0, 0.1) is 0 Å². The van der Waals surface area contributed by atoms with Crippen molar-refractivity contribution in [2.24, 2.45) is 0 Å². The third kappa shape index (κ3) is 2.81. The molecule has 1 aromatic rings. The Hall–Kier alpha value is -1.32. The average Bonchev–Trinajstić information content (AvgIpc) is 2.65. The van der Waals surface area contributed by atoms with Crippen LogP contribution < -0.4 is 5.32 Å². The van der Waals surface area contributed by atoms with E-state index in [1.54, 1.807) is 12.4 Å². The molecule has 2 rings (SSSR count). The first kappa shape index (κ1) is 10.2. The van der Waals surface area contributed by atoms with Crippen LogP contribution in [-0.2, 0) is 0 Å². The van der Waals surface area contributed by atoms with Gasteiger partial charge in [0.25, 0.3) is 5.91 Å². The van der Waals surface area contributed by atoms with Gasteiger partial charge in [0.05, 0.1) is 0 Å². The van der Waals surface area contributed by atoms with E-state index < -0.39 is 0 Å². The van der Waals surface area contributed by atoms with E-state index in [1.165, 1.54) is 25.7 Å². The van der Waals surface area contributed by atoms with Gasteiger partial charge in [-0.15, -0.1) is 0 Å². The Balaban J connectivity index is 1.87. The molecule has 82 valence electrons. The number of imidazole rings is 1. The van der Waals surface area contributed by atoms with Crippen LogP contribution in [0.1, 0.15) is 49.1 Å². The molecule has 0 spiro atoms. The van der Waals surface area contributed by atoms with Crippen LogP contribution in [-0.4, -0.2) is 21.9 Å². The molecule has 1 aromatic heterocycles. The summed E-state index contributed by atoms with van der Waals surface area (Å²) < 4.78 is 0. The molecular formula is C11H17N3O. The van der Waals surface area contributed by atoms with Crippen LogP contribution in [0.5, 0.6) is 0 Å². The summed E-state index contributed by atoms with van der Waals surface area (Å²) in [6.45, 7) is 0. The molecule has 1 aliphatic carbocycles. The molecule has 15 heavy (non-hydrogen) atoms. The first-order valence-electron chi connectivity index (χ1n) is 5.66. The summed E-state index contributed by atoms with van der Waals surface area (Å²) in [7, 11) is 0. The number of aromatic amines is 1. The largest absolute Gasteiger partial charge is 0.347 e. The van der Waals surface area contributed by atoms with Crippen molar-refractivity contribution in [3.05, 3.63) is 18.2 Å². The highest BCUT2D eigenvalue weighted by molar-refractivity contribution is 5.90. The minimum absolute atomic E-state index is 0.0769. The Bertz CT molecular complexity index is 300. The summed E-state index contributed by atoms with van der Waals surface area (Å²) >= 11 is 0. The zero-order valence-corrected chi connectivity index (χ0v) is 8.83. The maximum Gasteiger partial charge on any atom is 0.287 e. The predicted octanol–water partition coefficient (Wildman–Crippen LogP) is 1.86. The van der Waals surface area contributed by atoms with Gasteiger partial charge in [0.15, 0.2) is 5.82 Å². The van der Waals surface area contributed by atoms with Crippen LogP contribution in [0.3, 0.4) is 0 Å². The molecule has 0 aromatic carbocycles. The van der Waals surface area contributed by atoms with E-state index >= 15 is 0 Å². The normalized spacial score (nSPS) is 18.4. The van der Waals surface area contributed by atoms with E-state index in [1.807, 2.05) is 0 Å². The van der Waals surface area contributed by atoms with Gasteiger partial charge in [0.2, 0.25) is 0 Å². The number of rotatable bonds is 2. The summed E-state index contributed by atoms with van der Waals surface area (Å²) in [5.41, 5.74) is 0. The number of amides is 1. The lowest BCUT2D eigenvalue weighted by Gasteiger charge is -2.14. The lowest BCUT2D eigenvalue weighted by atomic mass is 10.1. The molecule has 0 radical (unpaired) electrons. The molecule has 0 bridgehead atoms. The van der Waals surface area contributed by atoms with Gasteiger partial charge < -0.3 is 10.3 Å². The monoisotopic (exact) mass is 207 g/mol. The molecule has 1 aliphatic rings. The second kappa shape index (κ2) is 4.96. The van der Waals surface area contributed by atoms with Crippen LogP contribution in [0.25, 0.3) is 0 Å². The first-order chi connectivity index (χ1) is 7.36. The molecule has 4 nitrogen and oxygen atoms in total. The Morgan fingerprint density at radius 3 is 2.67 bits per heavy atom. The van der Waals surface area contributed by atoms with Crippen molar-refractivity contribution < 1.29 is 4.79 Å². The number of hydrogen-bond donors (Lipinski definition) is 2. The average molecular weight is 207 g/mol. The number of nitrogens with zero attached hydrogens (tertiary/aromatic N) is 1. The molecule has 0 atom stereocenters. The summed E-state index contributed by atoms with van der Waals surface area (Å²) in [5.74, 6) is 0.339. The van der Waals surface area contributed by atoms with Crippen LogP contribution in [0.2, 0.25) is 0 Å². The fourth-order valence-corrected chi connectivity index (χ4v) is 2.07. The summed E-state index contributed by atoms with van der Waals surface area (Å²) in [5, 5.41) is 3.03. The zero-order chi connectivity index (χ0) is 10.5. The van der Waals surface area contributed by atoms with Gasteiger partial charge >= 0.3 is 0 Å². The summed E-state index contributed by atoms with van der Waals surface area (Å²) in [6.07, 6.45) is 10.5. The van der Waals surface area contributed by atoms with Crippen LogP contribution in [0.15, 0.2) is 12.4 Å². The van der Waals surface area contributed by atoms with Gasteiger partial charge in [-0.1, -0.05) is 25.7 Å². The van der Waals surface area contributed by atoms with Gasteiger partial charge in [-0.2, -0.15) is 0 Å². The van der Waals surface area contributed by atoms with Crippen LogP contribution >= 0.6 is 0 Å². The van der Waals surface area contributed by atoms with Crippen molar-refractivity contribution >= 4 is 5.91 Å². The molecule has 0 unspecified atom stereocenters. The zero-order valence-electron chi connectivity index (χ0n) is 8.83. The molecule has 1 heterocycles. The highest BCUT2D eigenvalue weighted by Crippen LogP contribution is 2.17. The number of carbonyl (C=O) groups is 1. The van der Waals surface area contributed by atoms with Crippen molar-refractivity contribution in [1.29, 1.82) is 0 Å².